The highest BCUT2D eigenvalue weighted by Crippen LogP contribution is 2.39. The Morgan fingerprint density at radius 2 is 1.95 bits per heavy atom. The van der Waals surface area contributed by atoms with Crippen molar-refractivity contribution in [1.82, 2.24) is 34.8 Å². The van der Waals surface area contributed by atoms with E-state index in [-0.39, 0.29) is 47.7 Å². The van der Waals surface area contributed by atoms with Crippen LogP contribution in [0, 0.1) is 0 Å². The van der Waals surface area contributed by atoms with E-state index in [0.29, 0.717) is 0 Å². The lowest BCUT2D eigenvalue weighted by molar-refractivity contribution is -0.136. The number of nitrogen functional groups attached to an aromatic ring is 1. The molecule has 1 amide bonds. The van der Waals surface area contributed by atoms with Gasteiger partial charge in [-0.25, -0.2) is 18.9 Å². The first kappa shape index (κ1) is 26.3. The standard InChI is InChI=1S/C25H24F4N8O2/c1-13(14-3-5-31-6-4-14)36-10-18(26)19(11-36)35-23(38)16-7-15(9-32-24(16)39-2)20-8-17(25(27,28)29)21-22(30)33-12-34-37(20)21/h3-9,12-13,18-19H,10-11H2,1-2H3,(H,35,38)(H2,30,33,34)/t13?,18-,19+/m0/s1. The van der Waals surface area contributed by atoms with Crippen molar-refractivity contribution in [1.29, 1.82) is 0 Å². The van der Waals surface area contributed by atoms with Crippen LogP contribution in [0.25, 0.3) is 16.8 Å². The SMILES string of the molecule is COc1ncc(-c2cc(C(F)(F)F)c3c(N)ncnn23)cc1C(=O)N[C@@H]1CN(C(C)c2ccncc2)C[C@@H]1F. The summed E-state index contributed by atoms with van der Waals surface area (Å²) in [6, 6.07) is 4.94. The molecular weight excluding hydrogens is 520 g/mol. The minimum Gasteiger partial charge on any atom is -0.480 e. The van der Waals surface area contributed by atoms with Crippen LogP contribution in [0.5, 0.6) is 5.88 Å². The molecule has 1 fully saturated rings. The van der Waals surface area contributed by atoms with Crippen molar-refractivity contribution in [2.75, 3.05) is 25.9 Å². The molecule has 4 aromatic rings. The van der Waals surface area contributed by atoms with E-state index in [2.05, 4.69) is 25.4 Å². The zero-order valence-corrected chi connectivity index (χ0v) is 20.9. The van der Waals surface area contributed by atoms with Gasteiger partial charge in [0.15, 0.2) is 5.82 Å². The number of methoxy groups -OCH3 is 1. The number of halogens is 4. The molecule has 3 atom stereocenters. The van der Waals surface area contributed by atoms with Crippen LogP contribution >= 0.6 is 0 Å². The maximum Gasteiger partial charge on any atom is 0.418 e. The van der Waals surface area contributed by atoms with Crippen molar-refractivity contribution < 1.29 is 27.1 Å². The van der Waals surface area contributed by atoms with Crippen LogP contribution in [-0.2, 0) is 6.18 Å². The highest BCUT2D eigenvalue weighted by atomic mass is 19.4. The molecule has 5 rings (SSSR count). The number of fused-ring (bicyclic) bond motifs is 1. The topological polar surface area (TPSA) is 124 Å². The normalized spacial score (nSPS) is 18.8. The molecule has 3 N–H and O–H groups in total. The van der Waals surface area contributed by atoms with E-state index in [1.165, 1.54) is 19.4 Å². The van der Waals surface area contributed by atoms with Gasteiger partial charge >= 0.3 is 6.18 Å². The first-order valence-electron chi connectivity index (χ1n) is 11.9. The van der Waals surface area contributed by atoms with Crippen LogP contribution in [0.4, 0.5) is 23.4 Å². The molecule has 4 aromatic heterocycles. The monoisotopic (exact) mass is 544 g/mol. The summed E-state index contributed by atoms with van der Waals surface area (Å²) in [4.78, 5) is 27.0. The Hall–Kier alpha value is -4.33. The lowest BCUT2D eigenvalue weighted by atomic mass is 10.1. The second kappa shape index (κ2) is 10.1. The molecule has 0 saturated carbocycles. The lowest BCUT2D eigenvalue weighted by Crippen LogP contribution is -2.41. The molecule has 0 spiro atoms. The van der Waals surface area contributed by atoms with E-state index in [0.717, 1.165) is 22.5 Å². The number of ether oxygens (including phenoxy) is 1. The number of aromatic nitrogens is 5. The van der Waals surface area contributed by atoms with Crippen LogP contribution in [0.15, 0.2) is 49.2 Å². The fourth-order valence-corrected chi connectivity index (χ4v) is 4.75. The average Bonchev–Trinajstić information content (AvgIpc) is 3.50. The smallest absolute Gasteiger partial charge is 0.418 e. The van der Waals surface area contributed by atoms with Crippen LogP contribution in [0.1, 0.15) is 34.5 Å². The van der Waals surface area contributed by atoms with Gasteiger partial charge in [-0.2, -0.15) is 18.3 Å². The molecule has 39 heavy (non-hydrogen) atoms. The van der Waals surface area contributed by atoms with Gasteiger partial charge in [0.25, 0.3) is 5.91 Å². The first-order valence-corrected chi connectivity index (χ1v) is 11.9. The van der Waals surface area contributed by atoms with Crippen LogP contribution in [-0.4, -0.2) is 67.8 Å². The van der Waals surface area contributed by atoms with Crippen LogP contribution < -0.4 is 15.8 Å². The number of pyridine rings is 2. The van der Waals surface area contributed by atoms with Crippen molar-refractivity contribution in [3.05, 3.63) is 65.9 Å². The third-order valence-corrected chi connectivity index (χ3v) is 6.80. The van der Waals surface area contributed by atoms with E-state index in [9.17, 15) is 22.4 Å². The number of nitrogens with two attached hydrogens (primary N) is 1. The Kier molecular flexibility index (Phi) is 6.80. The Balaban J connectivity index is 1.44. The predicted octanol–water partition coefficient (Wildman–Crippen LogP) is 3.31. The summed E-state index contributed by atoms with van der Waals surface area (Å²) in [5, 5.41) is 6.61. The van der Waals surface area contributed by atoms with Gasteiger partial charge in [0.05, 0.1) is 24.4 Å². The van der Waals surface area contributed by atoms with E-state index >= 15 is 0 Å². The van der Waals surface area contributed by atoms with Crippen molar-refractivity contribution in [3.63, 3.8) is 0 Å². The number of hydrogen-bond acceptors (Lipinski definition) is 8. The molecule has 0 aliphatic carbocycles. The van der Waals surface area contributed by atoms with Gasteiger partial charge < -0.3 is 15.8 Å². The van der Waals surface area contributed by atoms with E-state index in [1.54, 1.807) is 12.4 Å². The van der Waals surface area contributed by atoms with Crippen molar-refractivity contribution >= 4 is 17.2 Å². The maximum atomic E-state index is 15.0. The molecule has 1 saturated heterocycles. The summed E-state index contributed by atoms with van der Waals surface area (Å²) < 4.78 is 62.4. The Morgan fingerprint density at radius 1 is 1.21 bits per heavy atom. The Bertz CT molecular complexity index is 1510. The molecule has 10 nitrogen and oxygen atoms in total. The molecule has 0 aromatic carbocycles. The second-order valence-corrected chi connectivity index (χ2v) is 9.13. The Morgan fingerprint density at radius 3 is 2.64 bits per heavy atom. The molecule has 14 heteroatoms. The maximum absolute atomic E-state index is 15.0. The molecular formula is C25H24F4N8O2. The number of alkyl halides is 4. The number of carbonyl (C=O) groups is 1. The van der Waals surface area contributed by atoms with Crippen LogP contribution in [0.2, 0.25) is 0 Å². The number of rotatable bonds is 6. The lowest BCUT2D eigenvalue weighted by Gasteiger charge is -2.24. The number of hydrogen-bond donors (Lipinski definition) is 2. The van der Waals surface area contributed by atoms with Crippen molar-refractivity contribution in [2.45, 2.75) is 31.4 Å². The van der Waals surface area contributed by atoms with Crippen molar-refractivity contribution in [2.24, 2.45) is 0 Å². The van der Waals surface area contributed by atoms with Crippen molar-refractivity contribution in [3.8, 4) is 17.1 Å². The minimum absolute atomic E-state index is 0.0165. The fourth-order valence-electron chi connectivity index (χ4n) is 4.75. The number of nitrogens with zero attached hydrogens (tertiary/aromatic N) is 6. The molecule has 1 aliphatic rings. The van der Waals surface area contributed by atoms with Gasteiger partial charge in [0.2, 0.25) is 5.88 Å². The van der Waals surface area contributed by atoms with Gasteiger partial charge in [-0.3, -0.25) is 14.7 Å². The number of anilines is 1. The van der Waals surface area contributed by atoms with Gasteiger partial charge in [-0.15, -0.1) is 0 Å². The third-order valence-electron chi connectivity index (χ3n) is 6.80. The molecule has 1 aliphatic heterocycles. The fraction of sp³-hybridized carbons (Fsp3) is 0.320. The summed E-state index contributed by atoms with van der Waals surface area (Å²) in [6.45, 7) is 2.30. The summed E-state index contributed by atoms with van der Waals surface area (Å²) in [6.07, 6.45) is -0.485. The third kappa shape index (κ3) is 4.94. The van der Waals surface area contributed by atoms with Crippen LogP contribution in [0.3, 0.4) is 0 Å². The summed E-state index contributed by atoms with van der Waals surface area (Å²) in [5.74, 6) is -1.11. The largest absolute Gasteiger partial charge is 0.480 e. The van der Waals surface area contributed by atoms with Gasteiger partial charge in [0, 0.05) is 43.3 Å². The van der Waals surface area contributed by atoms with E-state index in [1.807, 2.05) is 24.0 Å². The zero-order chi connectivity index (χ0) is 27.9. The number of nitrogens with one attached hydrogen (secondary N) is 1. The zero-order valence-electron chi connectivity index (χ0n) is 20.9. The summed E-state index contributed by atoms with van der Waals surface area (Å²) in [5.41, 5.74) is 5.28. The molecule has 5 heterocycles. The predicted molar refractivity (Wildman–Crippen MR) is 133 cm³/mol. The molecule has 0 radical (unpaired) electrons. The van der Waals surface area contributed by atoms with E-state index < -0.39 is 35.4 Å². The molecule has 204 valence electrons. The first-order chi connectivity index (χ1) is 18.6. The van der Waals surface area contributed by atoms with Gasteiger partial charge in [0.1, 0.15) is 23.6 Å². The van der Waals surface area contributed by atoms with Gasteiger partial charge in [-0.05, 0) is 36.8 Å². The summed E-state index contributed by atoms with van der Waals surface area (Å²) in [7, 11) is 1.30. The number of carbonyl (C=O) groups excluding carboxylic acids is 1. The second-order valence-electron chi connectivity index (χ2n) is 9.13. The highest BCUT2D eigenvalue weighted by Gasteiger charge is 2.38. The summed E-state index contributed by atoms with van der Waals surface area (Å²) >= 11 is 0. The number of amides is 1. The highest BCUT2D eigenvalue weighted by molar-refractivity contribution is 5.98. The molecule has 1 unspecified atom stereocenters. The quantitative estimate of drug-likeness (QED) is 0.355. The van der Waals surface area contributed by atoms with Gasteiger partial charge in [-0.1, -0.05) is 0 Å². The minimum atomic E-state index is -4.74. The average molecular weight is 545 g/mol. The Labute approximate surface area is 219 Å². The van der Waals surface area contributed by atoms with E-state index in [4.69, 9.17) is 10.5 Å². The molecule has 0 bridgehead atoms. The number of likely N-dealkylation sites (tertiary alicyclic amines) is 1.